The normalized spacial score (nSPS) is 12.2. The third kappa shape index (κ3) is 2.07. The molecule has 1 atom stereocenters. The van der Waals surface area contributed by atoms with Crippen molar-refractivity contribution in [2.45, 2.75) is 13.0 Å². The third-order valence-corrected chi connectivity index (χ3v) is 2.01. The summed E-state index contributed by atoms with van der Waals surface area (Å²) in [5.41, 5.74) is 1.82. The molecule has 68 valence electrons. The number of hydrogen-bond acceptors (Lipinski definition) is 1. The second kappa shape index (κ2) is 4.06. The number of rotatable bonds is 2. The number of halogens is 1. The largest absolute Gasteiger partial charge is 0.303 e. The molecule has 1 aromatic rings. The van der Waals surface area contributed by atoms with Gasteiger partial charge in [0.15, 0.2) is 0 Å². The van der Waals surface area contributed by atoms with Gasteiger partial charge in [-0.15, -0.1) is 6.42 Å². The summed E-state index contributed by atoms with van der Waals surface area (Å²) in [6.45, 7) is 1.91. The molecule has 0 aromatic heterocycles. The standard InChI is InChI=1S/C11H12FN/c1-4-11(13-3)10-7-9(12)6-5-8(10)2/h1,5-7,11,13H,2-3H3. The maximum Gasteiger partial charge on any atom is 0.123 e. The number of benzene rings is 1. The highest BCUT2D eigenvalue weighted by atomic mass is 19.1. The molecule has 0 saturated heterocycles. The first-order chi connectivity index (χ1) is 6.19. The number of nitrogens with one attached hydrogen (secondary N) is 1. The van der Waals surface area contributed by atoms with Crippen molar-refractivity contribution in [3.63, 3.8) is 0 Å². The van der Waals surface area contributed by atoms with Crippen LogP contribution < -0.4 is 5.32 Å². The molecule has 0 aliphatic heterocycles. The van der Waals surface area contributed by atoms with E-state index in [2.05, 4.69) is 11.2 Å². The smallest absolute Gasteiger partial charge is 0.123 e. The lowest BCUT2D eigenvalue weighted by molar-refractivity contribution is 0.619. The van der Waals surface area contributed by atoms with Gasteiger partial charge in [-0.3, -0.25) is 0 Å². The summed E-state index contributed by atoms with van der Waals surface area (Å²) >= 11 is 0. The molecule has 1 rings (SSSR count). The Morgan fingerprint density at radius 2 is 2.23 bits per heavy atom. The molecule has 0 spiro atoms. The fourth-order valence-corrected chi connectivity index (χ4v) is 1.25. The van der Waals surface area contributed by atoms with Crippen LogP contribution >= 0.6 is 0 Å². The van der Waals surface area contributed by atoms with E-state index in [-0.39, 0.29) is 11.9 Å². The minimum atomic E-state index is -0.254. The van der Waals surface area contributed by atoms with Crippen molar-refractivity contribution in [1.29, 1.82) is 0 Å². The van der Waals surface area contributed by atoms with E-state index in [0.29, 0.717) is 0 Å². The lowest BCUT2D eigenvalue weighted by atomic mass is 10.0. The van der Waals surface area contributed by atoms with Crippen LogP contribution in [0.2, 0.25) is 0 Å². The average molecular weight is 177 g/mol. The maximum atomic E-state index is 12.9. The molecule has 1 N–H and O–H groups in total. The molecule has 1 unspecified atom stereocenters. The molecular weight excluding hydrogens is 165 g/mol. The van der Waals surface area contributed by atoms with Gasteiger partial charge in [-0.05, 0) is 37.2 Å². The van der Waals surface area contributed by atoms with Crippen LogP contribution in [0.15, 0.2) is 18.2 Å². The second-order valence-corrected chi connectivity index (χ2v) is 2.89. The van der Waals surface area contributed by atoms with Gasteiger partial charge in [0.2, 0.25) is 0 Å². The molecule has 13 heavy (non-hydrogen) atoms. The minimum Gasteiger partial charge on any atom is -0.303 e. The van der Waals surface area contributed by atoms with Crippen molar-refractivity contribution in [1.82, 2.24) is 5.32 Å². The van der Waals surface area contributed by atoms with Gasteiger partial charge >= 0.3 is 0 Å². The predicted octanol–water partition coefficient (Wildman–Crippen LogP) is 2.03. The number of hydrogen-bond donors (Lipinski definition) is 1. The van der Waals surface area contributed by atoms with Crippen LogP contribution in [0.25, 0.3) is 0 Å². The Labute approximate surface area is 78.0 Å². The SMILES string of the molecule is C#CC(NC)c1cc(F)ccc1C. The zero-order chi connectivity index (χ0) is 9.84. The molecule has 0 radical (unpaired) electrons. The van der Waals surface area contributed by atoms with Crippen molar-refractivity contribution >= 4 is 0 Å². The van der Waals surface area contributed by atoms with E-state index in [9.17, 15) is 4.39 Å². The van der Waals surface area contributed by atoms with Crippen molar-refractivity contribution in [3.05, 3.63) is 35.1 Å². The van der Waals surface area contributed by atoms with E-state index in [0.717, 1.165) is 11.1 Å². The summed E-state index contributed by atoms with van der Waals surface area (Å²) in [5.74, 6) is 2.30. The molecule has 0 aliphatic rings. The zero-order valence-corrected chi connectivity index (χ0v) is 7.76. The molecule has 0 bridgehead atoms. The van der Waals surface area contributed by atoms with Gasteiger partial charge in [0.1, 0.15) is 5.82 Å². The first kappa shape index (κ1) is 9.76. The Hall–Kier alpha value is -1.33. The Bertz CT molecular complexity index is 338. The van der Waals surface area contributed by atoms with Gasteiger partial charge in [-0.2, -0.15) is 0 Å². The maximum absolute atomic E-state index is 12.9. The first-order valence-corrected chi connectivity index (χ1v) is 4.08. The number of aryl methyl sites for hydroxylation is 1. The third-order valence-electron chi connectivity index (χ3n) is 2.01. The van der Waals surface area contributed by atoms with Gasteiger partial charge in [0.05, 0.1) is 6.04 Å². The average Bonchev–Trinajstić information content (AvgIpc) is 2.13. The van der Waals surface area contributed by atoms with E-state index in [1.165, 1.54) is 12.1 Å². The fraction of sp³-hybridized carbons (Fsp3) is 0.273. The monoisotopic (exact) mass is 177 g/mol. The molecule has 0 saturated carbocycles. The van der Waals surface area contributed by atoms with Crippen molar-refractivity contribution < 1.29 is 4.39 Å². The summed E-state index contributed by atoms with van der Waals surface area (Å²) < 4.78 is 12.9. The molecule has 1 aromatic carbocycles. The second-order valence-electron chi connectivity index (χ2n) is 2.89. The van der Waals surface area contributed by atoms with E-state index in [1.54, 1.807) is 13.1 Å². The number of terminal acetylenes is 1. The van der Waals surface area contributed by atoms with Gasteiger partial charge in [-0.1, -0.05) is 12.0 Å². The van der Waals surface area contributed by atoms with Crippen LogP contribution in [0.5, 0.6) is 0 Å². The quantitative estimate of drug-likeness (QED) is 0.681. The Morgan fingerprint density at radius 3 is 2.77 bits per heavy atom. The fourth-order valence-electron chi connectivity index (χ4n) is 1.25. The van der Waals surface area contributed by atoms with Gasteiger partial charge in [0.25, 0.3) is 0 Å². The lowest BCUT2D eigenvalue weighted by Gasteiger charge is -2.12. The van der Waals surface area contributed by atoms with Gasteiger partial charge in [0, 0.05) is 0 Å². The van der Waals surface area contributed by atoms with Crippen LogP contribution in [0.4, 0.5) is 4.39 Å². The molecule has 2 heteroatoms. The predicted molar refractivity (Wildman–Crippen MR) is 51.8 cm³/mol. The summed E-state index contributed by atoms with van der Waals surface area (Å²) in [6.07, 6.45) is 5.30. The minimum absolute atomic E-state index is 0.212. The van der Waals surface area contributed by atoms with Crippen molar-refractivity contribution in [3.8, 4) is 12.3 Å². The van der Waals surface area contributed by atoms with Crippen LogP contribution in [0.3, 0.4) is 0 Å². The Balaban J connectivity index is 3.13. The molecule has 0 fully saturated rings. The van der Waals surface area contributed by atoms with Gasteiger partial charge in [-0.25, -0.2) is 4.39 Å². The Kier molecular flexibility index (Phi) is 3.05. The Morgan fingerprint density at radius 1 is 1.54 bits per heavy atom. The van der Waals surface area contributed by atoms with Crippen molar-refractivity contribution in [2.24, 2.45) is 0 Å². The summed E-state index contributed by atoms with van der Waals surface area (Å²) in [5, 5.41) is 2.93. The zero-order valence-electron chi connectivity index (χ0n) is 7.76. The van der Waals surface area contributed by atoms with Crippen LogP contribution in [0, 0.1) is 25.1 Å². The highest BCUT2D eigenvalue weighted by Gasteiger charge is 2.08. The van der Waals surface area contributed by atoms with E-state index >= 15 is 0 Å². The van der Waals surface area contributed by atoms with E-state index in [1.807, 2.05) is 6.92 Å². The van der Waals surface area contributed by atoms with Crippen LogP contribution in [-0.4, -0.2) is 7.05 Å². The molecule has 1 nitrogen and oxygen atoms in total. The summed E-state index contributed by atoms with van der Waals surface area (Å²) in [7, 11) is 1.76. The van der Waals surface area contributed by atoms with Crippen molar-refractivity contribution in [2.75, 3.05) is 7.05 Å². The molecule has 0 heterocycles. The van der Waals surface area contributed by atoms with Gasteiger partial charge < -0.3 is 5.32 Å². The first-order valence-electron chi connectivity index (χ1n) is 4.08. The molecule has 0 amide bonds. The van der Waals surface area contributed by atoms with E-state index in [4.69, 9.17) is 6.42 Å². The summed E-state index contributed by atoms with van der Waals surface area (Å²) in [4.78, 5) is 0. The highest BCUT2D eigenvalue weighted by molar-refractivity contribution is 5.33. The molecular formula is C11H12FN. The topological polar surface area (TPSA) is 12.0 Å². The van der Waals surface area contributed by atoms with Crippen LogP contribution in [-0.2, 0) is 0 Å². The van der Waals surface area contributed by atoms with E-state index < -0.39 is 0 Å². The lowest BCUT2D eigenvalue weighted by Crippen LogP contribution is -2.15. The summed E-state index contributed by atoms with van der Waals surface area (Å²) in [6, 6.07) is 4.42. The van der Waals surface area contributed by atoms with Crippen LogP contribution in [0.1, 0.15) is 17.2 Å². The molecule has 0 aliphatic carbocycles. The highest BCUT2D eigenvalue weighted by Crippen LogP contribution is 2.17.